The highest BCUT2D eigenvalue weighted by Gasteiger charge is 2.13. The van der Waals surface area contributed by atoms with Crippen molar-refractivity contribution >= 4 is 5.91 Å². The van der Waals surface area contributed by atoms with Gasteiger partial charge in [-0.15, -0.1) is 0 Å². The summed E-state index contributed by atoms with van der Waals surface area (Å²) in [6.45, 7) is 6.53. The maximum Gasteiger partial charge on any atom is 0.222 e. The van der Waals surface area contributed by atoms with Gasteiger partial charge in [0.2, 0.25) is 5.91 Å². The van der Waals surface area contributed by atoms with E-state index in [1.807, 2.05) is 13.8 Å². The molecule has 0 radical (unpaired) electrons. The third kappa shape index (κ3) is 7.33. The first kappa shape index (κ1) is 14.4. The van der Waals surface area contributed by atoms with Crippen LogP contribution in [0.1, 0.15) is 20.3 Å². The molecule has 15 heavy (non-hydrogen) atoms. The van der Waals surface area contributed by atoms with Crippen LogP contribution in [0.25, 0.3) is 0 Å². The second-order valence-electron chi connectivity index (χ2n) is 3.96. The summed E-state index contributed by atoms with van der Waals surface area (Å²) < 4.78 is 9.95. The van der Waals surface area contributed by atoms with E-state index in [1.165, 1.54) is 0 Å². The summed E-state index contributed by atoms with van der Waals surface area (Å²) in [5, 5.41) is 0. The molecule has 0 aliphatic carbocycles. The lowest BCUT2D eigenvalue weighted by molar-refractivity contribution is -0.133. The first-order valence-corrected chi connectivity index (χ1v) is 5.37. The lowest BCUT2D eigenvalue weighted by atomic mass is 10.1. The van der Waals surface area contributed by atoms with Gasteiger partial charge >= 0.3 is 0 Å². The highest BCUT2D eigenvalue weighted by atomic mass is 16.5. The molecule has 0 fully saturated rings. The van der Waals surface area contributed by atoms with E-state index in [4.69, 9.17) is 9.47 Å². The van der Waals surface area contributed by atoms with Crippen LogP contribution in [-0.4, -0.2) is 51.3 Å². The maximum absolute atomic E-state index is 11.8. The number of nitrogens with zero attached hydrogens (tertiary/aromatic N) is 1. The second-order valence-corrected chi connectivity index (χ2v) is 3.96. The van der Waals surface area contributed by atoms with E-state index in [9.17, 15) is 4.79 Å². The van der Waals surface area contributed by atoms with Gasteiger partial charge in [-0.25, -0.2) is 0 Å². The fourth-order valence-electron chi connectivity index (χ4n) is 1.24. The Morgan fingerprint density at radius 3 is 1.93 bits per heavy atom. The van der Waals surface area contributed by atoms with Crippen molar-refractivity contribution in [1.82, 2.24) is 4.90 Å². The summed E-state index contributed by atoms with van der Waals surface area (Å²) in [5.41, 5.74) is 0. The number of ether oxygens (including phenoxy) is 2. The smallest absolute Gasteiger partial charge is 0.222 e. The van der Waals surface area contributed by atoms with E-state index in [1.54, 1.807) is 19.1 Å². The van der Waals surface area contributed by atoms with Crippen molar-refractivity contribution in [1.29, 1.82) is 0 Å². The van der Waals surface area contributed by atoms with Crippen LogP contribution in [0.4, 0.5) is 0 Å². The summed E-state index contributed by atoms with van der Waals surface area (Å²) in [6, 6.07) is 0. The van der Waals surface area contributed by atoms with Gasteiger partial charge < -0.3 is 14.4 Å². The van der Waals surface area contributed by atoms with Gasteiger partial charge in [0.05, 0.1) is 13.2 Å². The fraction of sp³-hybridized carbons (Fsp3) is 0.909. The molecule has 0 heterocycles. The molecule has 0 atom stereocenters. The quantitative estimate of drug-likeness (QED) is 0.612. The van der Waals surface area contributed by atoms with Gasteiger partial charge in [0.15, 0.2) is 0 Å². The highest BCUT2D eigenvalue weighted by molar-refractivity contribution is 5.76. The van der Waals surface area contributed by atoms with E-state index >= 15 is 0 Å². The molecule has 0 N–H and O–H groups in total. The van der Waals surface area contributed by atoms with Crippen molar-refractivity contribution in [2.45, 2.75) is 20.3 Å². The van der Waals surface area contributed by atoms with Crippen LogP contribution in [0.2, 0.25) is 0 Å². The summed E-state index contributed by atoms with van der Waals surface area (Å²) >= 11 is 0. The van der Waals surface area contributed by atoms with E-state index in [-0.39, 0.29) is 5.91 Å². The van der Waals surface area contributed by atoms with Gasteiger partial charge in [-0.05, 0) is 5.92 Å². The molecule has 0 aromatic carbocycles. The van der Waals surface area contributed by atoms with Crippen LogP contribution >= 0.6 is 0 Å². The summed E-state index contributed by atoms with van der Waals surface area (Å²) in [7, 11) is 3.28. The number of amides is 1. The summed E-state index contributed by atoms with van der Waals surface area (Å²) in [4.78, 5) is 13.6. The molecule has 0 aromatic heterocycles. The molecule has 0 spiro atoms. The van der Waals surface area contributed by atoms with Gasteiger partial charge in [0.25, 0.3) is 0 Å². The topological polar surface area (TPSA) is 38.8 Å². The van der Waals surface area contributed by atoms with Gasteiger partial charge in [-0.2, -0.15) is 0 Å². The Morgan fingerprint density at radius 1 is 1.13 bits per heavy atom. The third-order valence-corrected chi connectivity index (χ3v) is 2.07. The van der Waals surface area contributed by atoms with Crippen LogP contribution < -0.4 is 0 Å². The van der Waals surface area contributed by atoms with Crippen molar-refractivity contribution < 1.29 is 14.3 Å². The Hall–Kier alpha value is -0.610. The molecule has 90 valence electrons. The molecule has 1 amide bonds. The zero-order valence-electron chi connectivity index (χ0n) is 10.3. The van der Waals surface area contributed by atoms with Gasteiger partial charge in [0, 0.05) is 33.7 Å². The van der Waals surface area contributed by atoms with E-state index in [0.717, 1.165) is 0 Å². The van der Waals surface area contributed by atoms with Gasteiger partial charge in [-0.1, -0.05) is 13.8 Å². The lowest BCUT2D eigenvalue weighted by Gasteiger charge is -2.22. The first-order valence-electron chi connectivity index (χ1n) is 5.37. The number of methoxy groups -OCH3 is 2. The molecular formula is C11H23NO3. The maximum atomic E-state index is 11.8. The molecule has 4 nitrogen and oxygen atoms in total. The standard InChI is InChI=1S/C11H23NO3/c1-10(2)9-11(13)12(5-7-14-3)6-8-15-4/h10H,5-9H2,1-4H3. The van der Waals surface area contributed by atoms with Crippen LogP contribution in [0.3, 0.4) is 0 Å². The van der Waals surface area contributed by atoms with Crippen LogP contribution in [0.15, 0.2) is 0 Å². The molecule has 0 aromatic rings. The molecule has 0 saturated heterocycles. The Morgan fingerprint density at radius 2 is 1.60 bits per heavy atom. The van der Waals surface area contributed by atoms with E-state index in [2.05, 4.69) is 0 Å². The Kier molecular flexibility index (Phi) is 8.33. The summed E-state index contributed by atoms with van der Waals surface area (Å²) in [6.07, 6.45) is 0.591. The Labute approximate surface area is 92.5 Å². The molecule has 0 rings (SSSR count). The highest BCUT2D eigenvalue weighted by Crippen LogP contribution is 2.04. The molecule has 0 aliphatic heterocycles. The molecular weight excluding hydrogens is 194 g/mol. The van der Waals surface area contributed by atoms with Gasteiger partial charge in [0.1, 0.15) is 0 Å². The number of rotatable bonds is 8. The third-order valence-electron chi connectivity index (χ3n) is 2.07. The molecule has 0 aliphatic rings. The normalized spacial score (nSPS) is 10.7. The monoisotopic (exact) mass is 217 g/mol. The van der Waals surface area contributed by atoms with Crippen molar-refractivity contribution in [3.05, 3.63) is 0 Å². The summed E-state index contributed by atoms with van der Waals surface area (Å²) in [5.74, 6) is 0.573. The van der Waals surface area contributed by atoms with Crippen LogP contribution in [0, 0.1) is 5.92 Å². The Bertz CT molecular complexity index is 163. The largest absolute Gasteiger partial charge is 0.383 e. The fourth-order valence-corrected chi connectivity index (χ4v) is 1.24. The minimum absolute atomic E-state index is 0.180. The van der Waals surface area contributed by atoms with Crippen molar-refractivity contribution in [2.24, 2.45) is 5.92 Å². The zero-order chi connectivity index (χ0) is 11.7. The number of hydrogen-bond donors (Lipinski definition) is 0. The number of hydrogen-bond acceptors (Lipinski definition) is 3. The first-order chi connectivity index (χ1) is 7.11. The van der Waals surface area contributed by atoms with Crippen LogP contribution in [0.5, 0.6) is 0 Å². The van der Waals surface area contributed by atoms with E-state index in [0.29, 0.717) is 38.6 Å². The van der Waals surface area contributed by atoms with Crippen LogP contribution in [-0.2, 0) is 14.3 Å². The number of carbonyl (C=O) groups excluding carboxylic acids is 1. The average Bonchev–Trinajstić information content (AvgIpc) is 2.17. The average molecular weight is 217 g/mol. The second kappa shape index (κ2) is 8.68. The molecule has 0 saturated carbocycles. The molecule has 0 unspecified atom stereocenters. The van der Waals surface area contributed by atoms with Gasteiger partial charge in [-0.3, -0.25) is 4.79 Å². The minimum atomic E-state index is 0.180. The van der Waals surface area contributed by atoms with E-state index < -0.39 is 0 Å². The Balaban J connectivity index is 4.01. The molecule has 4 heteroatoms. The van der Waals surface area contributed by atoms with Crippen molar-refractivity contribution in [2.75, 3.05) is 40.5 Å². The SMILES string of the molecule is COCCN(CCOC)C(=O)CC(C)C. The molecule has 0 bridgehead atoms. The predicted octanol–water partition coefficient (Wildman–Crippen LogP) is 1.15. The van der Waals surface area contributed by atoms with Crippen molar-refractivity contribution in [3.63, 3.8) is 0 Å². The minimum Gasteiger partial charge on any atom is -0.383 e. The lowest BCUT2D eigenvalue weighted by Crippen LogP contribution is -2.37. The zero-order valence-corrected chi connectivity index (χ0v) is 10.3. The predicted molar refractivity (Wildman–Crippen MR) is 59.8 cm³/mol. The van der Waals surface area contributed by atoms with Crippen molar-refractivity contribution in [3.8, 4) is 0 Å². The number of carbonyl (C=O) groups is 1.